The lowest BCUT2D eigenvalue weighted by Crippen LogP contribution is -2.23. The Balaban J connectivity index is 1.94. The fourth-order valence-electron chi connectivity index (χ4n) is 2.33. The maximum atomic E-state index is 12.0. The number of fused-ring (bicyclic) bond motifs is 1. The Morgan fingerprint density at radius 1 is 1.14 bits per heavy atom. The van der Waals surface area contributed by atoms with Crippen LogP contribution in [0.1, 0.15) is 21.5 Å². The largest absolute Gasteiger partial charge is 0.497 e. The molecule has 2 aromatic carbocycles. The van der Waals surface area contributed by atoms with E-state index in [4.69, 9.17) is 9.47 Å². The molecule has 0 bridgehead atoms. The molecule has 112 valence electrons. The van der Waals surface area contributed by atoms with Gasteiger partial charge in [0.25, 0.3) is 0 Å². The molecule has 5 heteroatoms. The van der Waals surface area contributed by atoms with Gasteiger partial charge in [0.05, 0.1) is 13.5 Å². The molecule has 2 aromatic rings. The Kier molecular flexibility index (Phi) is 3.78. The summed E-state index contributed by atoms with van der Waals surface area (Å²) in [6, 6.07) is 12.9. The second kappa shape index (κ2) is 5.89. The number of cyclic esters (lactones) is 2. The predicted molar refractivity (Wildman–Crippen MR) is 77.9 cm³/mol. The first-order valence-electron chi connectivity index (χ1n) is 6.80. The molecule has 0 atom stereocenters. The van der Waals surface area contributed by atoms with Crippen molar-refractivity contribution in [2.45, 2.75) is 13.0 Å². The van der Waals surface area contributed by atoms with Crippen LogP contribution in [0, 0.1) is 0 Å². The van der Waals surface area contributed by atoms with E-state index in [0.717, 1.165) is 5.56 Å². The second-order valence-corrected chi connectivity index (χ2v) is 4.87. The molecule has 0 radical (unpaired) electrons. The number of rotatable bonds is 4. The van der Waals surface area contributed by atoms with E-state index < -0.39 is 11.9 Å². The molecule has 0 aromatic heterocycles. The highest BCUT2D eigenvalue weighted by Gasteiger charge is 2.29. The molecule has 1 heterocycles. The van der Waals surface area contributed by atoms with Crippen LogP contribution in [0.25, 0.3) is 0 Å². The molecule has 0 amide bonds. The first-order valence-corrected chi connectivity index (χ1v) is 6.80. The fourth-order valence-corrected chi connectivity index (χ4v) is 2.33. The maximum Gasteiger partial charge on any atom is 0.349 e. The van der Waals surface area contributed by atoms with Gasteiger partial charge < -0.3 is 14.2 Å². The number of carbonyl (C=O) groups excluding carboxylic acids is 2. The number of hydrogen-bond acceptors (Lipinski definition) is 5. The lowest BCUT2D eigenvalue weighted by molar-refractivity contribution is -0.137. The highest BCUT2D eigenvalue weighted by Crippen LogP contribution is 2.33. The van der Waals surface area contributed by atoms with E-state index in [1.165, 1.54) is 7.11 Å². The zero-order valence-electron chi connectivity index (χ0n) is 12.0. The van der Waals surface area contributed by atoms with Gasteiger partial charge in [-0.2, -0.15) is 0 Å². The Hall–Kier alpha value is -2.82. The Bertz CT molecular complexity index is 721. The summed E-state index contributed by atoms with van der Waals surface area (Å²) in [7, 11) is 1.52. The molecule has 0 saturated carbocycles. The molecule has 22 heavy (non-hydrogen) atoms. The van der Waals surface area contributed by atoms with Gasteiger partial charge >= 0.3 is 11.9 Å². The minimum Gasteiger partial charge on any atom is -0.497 e. The van der Waals surface area contributed by atoms with Crippen molar-refractivity contribution >= 4 is 11.9 Å². The van der Waals surface area contributed by atoms with Gasteiger partial charge in [-0.15, -0.1) is 0 Å². The summed E-state index contributed by atoms with van der Waals surface area (Å²) in [6.45, 7) is 0.307. The van der Waals surface area contributed by atoms with Crippen LogP contribution in [0.15, 0.2) is 42.5 Å². The van der Waals surface area contributed by atoms with E-state index in [1.807, 2.05) is 30.3 Å². The Morgan fingerprint density at radius 3 is 2.64 bits per heavy atom. The molecule has 1 aliphatic rings. The third-order valence-electron chi connectivity index (χ3n) is 3.38. The van der Waals surface area contributed by atoms with Crippen LogP contribution in [-0.4, -0.2) is 19.0 Å². The Morgan fingerprint density at radius 2 is 1.91 bits per heavy atom. The quantitative estimate of drug-likeness (QED) is 0.641. The zero-order valence-corrected chi connectivity index (χ0v) is 12.0. The van der Waals surface area contributed by atoms with Crippen molar-refractivity contribution in [3.05, 3.63) is 59.2 Å². The van der Waals surface area contributed by atoms with Crippen LogP contribution >= 0.6 is 0 Å². The molecule has 0 aliphatic carbocycles. The molecule has 0 spiro atoms. The van der Waals surface area contributed by atoms with Crippen molar-refractivity contribution in [3.63, 3.8) is 0 Å². The second-order valence-electron chi connectivity index (χ2n) is 4.87. The maximum absolute atomic E-state index is 12.0. The van der Waals surface area contributed by atoms with E-state index in [9.17, 15) is 9.59 Å². The van der Waals surface area contributed by atoms with Crippen molar-refractivity contribution in [2.24, 2.45) is 0 Å². The molecular formula is C17H14O5. The first-order chi connectivity index (χ1) is 10.7. The van der Waals surface area contributed by atoms with Crippen LogP contribution in [-0.2, 0) is 22.6 Å². The normalized spacial score (nSPS) is 13.3. The molecular weight excluding hydrogens is 284 g/mol. The van der Waals surface area contributed by atoms with Gasteiger partial charge in [0.2, 0.25) is 0 Å². The number of carbonyl (C=O) groups is 2. The summed E-state index contributed by atoms with van der Waals surface area (Å²) in [6.07, 6.45) is 0.0277. The van der Waals surface area contributed by atoms with Crippen molar-refractivity contribution in [1.29, 1.82) is 0 Å². The third-order valence-corrected chi connectivity index (χ3v) is 3.38. The average molecular weight is 298 g/mol. The molecule has 0 N–H and O–H groups in total. The third kappa shape index (κ3) is 2.79. The molecule has 0 unspecified atom stereocenters. The highest BCUT2D eigenvalue weighted by molar-refractivity contribution is 6.04. The monoisotopic (exact) mass is 298 g/mol. The highest BCUT2D eigenvalue weighted by atomic mass is 16.6. The average Bonchev–Trinajstić information content (AvgIpc) is 2.52. The van der Waals surface area contributed by atoms with Crippen molar-refractivity contribution in [3.8, 4) is 11.5 Å². The topological polar surface area (TPSA) is 61.8 Å². The lowest BCUT2D eigenvalue weighted by atomic mass is 10.0. The van der Waals surface area contributed by atoms with Crippen LogP contribution in [0.4, 0.5) is 0 Å². The van der Waals surface area contributed by atoms with Crippen LogP contribution in [0.5, 0.6) is 11.5 Å². The number of hydrogen-bond donors (Lipinski definition) is 0. The zero-order chi connectivity index (χ0) is 15.5. The van der Waals surface area contributed by atoms with Crippen LogP contribution in [0.3, 0.4) is 0 Å². The van der Waals surface area contributed by atoms with Gasteiger partial charge in [-0.1, -0.05) is 30.3 Å². The van der Waals surface area contributed by atoms with E-state index in [1.54, 1.807) is 12.1 Å². The van der Waals surface area contributed by atoms with E-state index in [2.05, 4.69) is 4.74 Å². The van der Waals surface area contributed by atoms with Gasteiger partial charge in [0, 0.05) is 6.07 Å². The van der Waals surface area contributed by atoms with E-state index in [-0.39, 0.29) is 12.0 Å². The number of ether oxygens (including phenoxy) is 3. The van der Waals surface area contributed by atoms with Crippen molar-refractivity contribution in [1.82, 2.24) is 0 Å². The molecule has 5 nitrogen and oxygen atoms in total. The van der Waals surface area contributed by atoms with Crippen molar-refractivity contribution in [2.75, 3.05) is 7.11 Å². The van der Waals surface area contributed by atoms with E-state index >= 15 is 0 Å². The first kappa shape index (κ1) is 14.1. The number of benzene rings is 2. The predicted octanol–water partition coefficient (Wildman–Crippen LogP) is 2.51. The minimum atomic E-state index is -0.683. The molecule has 0 saturated heterocycles. The van der Waals surface area contributed by atoms with Crippen molar-refractivity contribution < 1.29 is 23.8 Å². The molecule has 3 rings (SSSR count). The summed E-state index contributed by atoms with van der Waals surface area (Å²) in [4.78, 5) is 23.4. The lowest BCUT2D eigenvalue weighted by Gasteiger charge is -2.19. The fraction of sp³-hybridized carbons (Fsp3) is 0.176. The van der Waals surface area contributed by atoms with Gasteiger partial charge in [-0.05, 0) is 17.2 Å². The number of esters is 2. The van der Waals surface area contributed by atoms with Gasteiger partial charge in [-0.3, -0.25) is 4.79 Å². The molecule has 0 fully saturated rings. The summed E-state index contributed by atoms with van der Waals surface area (Å²) in [5, 5.41) is 0. The van der Waals surface area contributed by atoms with Gasteiger partial charge in [0.15, 0.2) is 0 Å². The van der Waals surface area contributed by atoms with Crippen LogP contribution in [0.2, 0.25) is 0 Å². The van der Waals surface area contributed by atoms with E-state index in [0.29, 0.717) is 23.7 Å². The van der Waals surface area contributed by atoms with Gasteiger partial charge in [-0.25, -0.2) is 4.79 Å². The van der Waals surface area contributed by atoms with Crippen LogP contribution < -0.4 is 9.47 Å². The smallest absolute Gasteiger partial charge is 0.349 e. The standard InChI is InChI=1S/C17H14O5/c1-20-13-7-12-8-15(18)22-17(19)16(12)14(9-13)21-10-11-5-3-2-4-6-11/h2-7,9H,8,10H2,1H3. The SMILES string of the molecule is COc1cc2c(c(OCc3ccccc3)c1)C(=O)OC(=O)C2. The summed E-state index contributed by atoms with van der Waals surface area (Å²) in [5.41, 5.74) is 1.82. The van der Waals surface area contributed by atoms with Gasteiger partial charge in [0.1, 0.15) is 23.7 Å². The minimum absolute atomic E-state index is 0.0277. The Labute approximate surface area is 127 Å². The summed E-state index contributed by atoms with van der Waals surface area (Å²) < 4.78 is 15.6. The number of methoxy groups -OCH3 is 1. The summed E-state index contributed by atoms with van der Waals surface area (Å²) in [5.74, 6) is -0.364. The molecule has 1 aliphatic heterocycles. The summed E-state index contributed by atoms with van der Waals surface area (Å²) >= 11 is 0.